The molecule has 1 heterocycles. The minimum Gasteiger partial charge on any atom is -0.508 e. The van der Waals surface area contributed by atoms with Crippen LogP contribution in [-0.4, -0.2) is 35.5 Å². The van der Waals surface area contributed by atoms with E-state index in [1.54, 1.807) is 23.1 Å². The summed E-state index contributed by atoms with van der Waals surface area (Å²) in [6, 6.07) is 6.99. The molecular weight excluding hydrogens is 228 g/mol. The topological polar surface area (TPSA) is 52.6 Å². The number of hydrogen-bond acceptors (Lipinski definition) is 3. The third kappa shape index (κ3) is 3.23. The second kappa shape index (κ2) is 5.87. The van der Waals surface area contributed by atoms with E-state index in [4.69, 9.17) is 0 Å². The lowest BCUT2D eigenvalue weighted by Gasteiger charge is -2.27. The number of phenolic OH excluding ortho intramolecular Hbond substituents is 1. The fraction of sp³-hybridized carbons (Fsp3) is 0.500. The highest BCUT2D eigenvalue weighted by molar-refractivity contribution is 5.81. The molecule has 1 atom stereocenters. The van der Waals surface area contributed by atoms with Crippen molar-refractivity contribution in [3.63, 3.8) is 0 Å². The molecule has 1 aromatic carbocycles. The fourth-order valence-corrected chi connectivity index (χ4v) is 2.34. The van der Waals surface area contributed by atoms with Gasteiger partial charge in [0.05, 0.1) is 6.04 Å². The first kappa shape index (κ1) is 12.9. The first-order chi connectivity index (χ1) is 8.66. The summed E-state index contributed by atoms with van der Waals surface area (Å²) in [5.41, 5.74) is 0.946. The standard InChI is InChI=1S/C14H20N2O2/c1-16(10-11-5-4-6-12(17)9-11)14(18)13-7-2-3-8-15-13/h4-6,9,13,15,17H,2-3,7-8,10H2,1H3/t13-/m0/s1. The van der Waals surface area contributed by atoms with Crippen LogP contribution >= 0.6 is 0 Å². The van der Waals surface area contributed by atoms with Crippen LogP contribution in [0, 0.1) is 0 Å². The highest BCUT2D eigenvalue weighted by Crippen LogP contribution is 2.14. The monoisotopic (exact) mass is 248 g/mol. The molecule has 0 bridgehead atoms. The Labute approximate surface area is 108 Å². The van der Waals surface area contributed by atoms with Crippen LogP contribution in [-0.2, 0) is 11.3 Å². The van der Waals surface area contributed by atoms with Crippen molar-refractivity contribution < 1.29 is 9.90 Å². The van der Waals surface area contributed by atoms with E-state index in [9.17, 15) is 9.90 Å². The molecule has 1 saturated heterocycles. The Bertz CT molecular complexity index is 414. The van der Waals surface area contributed by atoms with E-state index in [0.29, 0.717) is 6.54 Å². The van der Waals surface area contributed by atoms with Crippen molar-refractivity contribution in [2.75, 3.05) is 13.6 Å². The van der Waals surface area contributed by atoms with Gasteiger partial charge in [-0.15, -0.1) is 0 Å². The molecule has 0 unspecified atom stereocenters. The van der Waals surface area contributed by atoms with Gasteiger partial charge in [-0.05, 0) is 37.1 Å². The first-order valence-electron chi connectivity index (χ1n) is 6.43. The fourth-order valence-electron chi connectivity index (χ4n) is 2.34. The minimum absolute atomic E-state index is 0.0407. The van der Waals surface area contributed by atoms with Gasteiger partial charge in [0.15, 0.2) is 0 Å². The molecule has 4 nitrogen and oxygen atoms in total. The molecule has 0 spiro atoms. The molecule has 0 aliphatic carbocycles. The van der Waals surface area contributed by atoms with Crippen LogP contribution in [0.4, 0.5) is 0 Å². The van der Waals surface area contributed by atoms with Gasteiger partial charge in [-0.3, -0.25) is 4.79 Å². The van der Waals surface area contributed by atoms with Crippen molar-refractivity contribution in [2.45, 2.75) is 31.8 Å². The SMILES string of the molecule is CN(Cc1cccc(O)c1)C(=O)[C@@H]1CCCCN1. The van der Waals surface area contributed by atoms with Crippen molar-refractivity contribution in [3.8, 4) is 5.75 Å². The second-order valence-electron chi connectivity index (χ2n) is 4.87. The normalized spacial score (nSPS) is 19.5. The first-order valence-corrected chi connectivity index (χ1v) is 6.43. The average molecular weight is 248 g/mol. The summed E-state index contributed by atoms with van der Waals surface area (Å²) in [4.78, 5) is 13.9. The molecular formula is C14H20N2O2. The Morgan fingerprint density at radius 3 is 3.00 bits per heavy atom. The molecule has 2 rings (SSSR count). The Balaban J connectivity index is 1.94. The Morgan fingerprint density at radius 2 is 2.33 bits per heavy atom. The van der Waals surface area contributed by atoms with E-state index < -0.39 is 0 Å². The molecule has 18 heavy (non-hydrogen) atoms. The third-order valence-corrected chi connectivity index (χ3v) is 3.31. The number of phenols is 1. The van der Waals surface area contributed by atoms with Gasteiger partial charge in [0.25, 0.3) is 0 Å². The van der Waals surface area contributed by atoms with Crippen LogP contribution in [0.1, 0.15) is 24.8 Å². The molecule has 1 aromatic rings. The summed E-state index contributed by atoms with van der Waals surface area (Å²) in [5, 5.41) is 12.7. The maximum atomic E-state index is 12.2. The zero-order valence-electron chi connectivity index (χ0n) is 10.7. The molecule has 0 saturated carbocycles. The Hall–Kier alpha value is -1.55. The summed E-state index contributed by atoms with van der Waals surface area (Å²) in [7, 11) is 1.81. The van der Waals surface area contributed by atoms with Crippen LogP contribution in [0.15, 0.2) is 24.3 Å². The van der Waals surface area contributed by atoms with Gasteiger partial charge in [0, 0.05) is 13.6 Å². The Kier molecular flexibility index (Phi) is 4.20. The van der Waals surface area contributed by atoms with Gasteiger partial charge in [-0.25, -0.2) is 0 Å². The average Bonchev–Trinajstić information content (AvgIpc) is 2.39. The maximum Gasteiger partial charge on any atom is 0.239 e. The number of amides is 1. The van der Waals surface area contributed by atoms with E-state index in [1.807, 2.05) is 13.1 Å². The van der Waals surface area contributed by atoms with E-state index in [2.05, 4.69) is 5.32 Å². The molecule has 1 aliphatic heterocycles. The molecule has 0 radical (unpaired) electrons. The van der Waals surface area contributed by atoms with E-state index in [-0.39, 0.29) is 17.7 Å². The second-order valence-corrected chi connectivity index (χ2v) is 4.87. The minimum atomic E-state index is -0.0407. The molecule has 1 fully saturated rings. The molecule has 2 N–H and O–H groups in total. The van der Waals surface area contributed by atoms with Crippen molar-refractivity contribution in [1.29, 1.82) is 0 Å². The van der Waals surface area contributed by atoms with Crippen LogP contribution in [0.2, 0.25) is 0 Å². The van der Waals surface area contributed by atoms with Crippen LogP contribution in [0.25, 0.3) is 0 Å². The maximum absolute atomic E-state index is 12.2. The number of hydrogen-bond donors (Lipinski definition) is 2. The third-order valence-electron chi connectivity index (χ3n) is 3.31. The van der Waals surface area contributed by atoms with Crippen molar-refractivity contribution in [2.24, 2.45) is 0 Å². The number of carbonyl (C=O) groups is 1. The molecule has 98 valence electrons. The zero-order valence-corrected chi connectivity index (χ0v) is 10.7. The summed E-state index contributed by atoms with van der Waals surface area (Å²) < 4.78 is 0. The predicted octanol–water partition coefficient (Wildman–Crippen LogP) is 1.49. The molecule has 4 heteroatoms. The highest BCUT2D eigenvalue weighted by atomic mass is 16.3. The van der Waals surface area contributed by atoms with Crippen molar-refractivity contribution in [1.82, 2.24) is 10.2 Å². The zero-order chi connectivity index (χ0) is 13.0. The van der Waals surface area contributed by atoms with Gasteiger partial charge in [-0.2, -0.15) is 0 Å². The number of rotatable bonds is 3. The van der Waals surface area contributed by atoms with E-state index >= 15 is 0 Å². The number of carbonyl (C=O) groups excluding carboxylic acids is 1. The quantitative estimate of drug-likeness (QED) is 0.852. The smallest absolute Gasteiger partial charge is 0.239 e. The molecule has 1 aliphatic rings. The van der Waals surface area contributed by atoms with Gasteiger partial charge in [-0.1, -0.05) is 18.6 Å². The predicted molar refractivity (Wildman–Crippen MR) is 70.2 cm³/mol. The summed E-state index contributed by atoms with van der Waals surface area (Å²) in [6.07, 6.45) is 3.19. The van der Waals surface area contributed by atoms with Gasteiger partial charge in [0.1, 0.15) is 5.75 Å². The summed E-state index contributed by atoms with van der Waals surface area (Å²) >= 11 is 0. The summed E-state index contributed by atoms with van der Waals surface area (Å²) in [6.45, 7) is 1.46. The van der Waals surface area contributed by atoms with E-state index in [1.165, 1.54) is 0 Å². The number of nitrogens with zero attached hydrogens (tertiary/aromatic N) is 1. The molecule has 0 aromatic heterocycles. The van der Waals surface area contributed by atoms with Crippen LogP contribution < -0.4 is 5.32 Å². The van der Waals surface area contributed by atoms with Crippen LogP contribution in [0.3, 0.4) is 0 Å². The number of benzene rings is 1. The highest BCUT2D eigenvalue weighted by Gasteiger charge is 2.23. The summed E-state index contributed by atoms with van der Waals surface area (Å²) in [5.74, 6) is 0.377. The lowest BCUT2D eigenvalue weighted by Crippen LogP contribution is -2.46. The van der Waals surface area contributed by atoms with Gasteiger partial charge < -0.3 is 15.3 Å². The van der Waals surface area contributed by atoms with Gasteiger partial charge >= 0.3 is 0 Å². The number of nitrogens with one attached hydrogen (secondary N) is 1. The Morgan fingerprint density at radius 1 is 1.50 bits per heavy atom. The van der Waals surface area contributed by atoms with Gasteiger partial charge in [0.2, 0.25) is 5.91 Å². The molecule has 1 amide bonds. The number of piperidine rings is 1. The van der Waals surface area contributed by atoms with E-state index in [0.717, 1.165) is 31.4 Å². The number of likely N-dealkylation sites (N-methyl/N-ethyl adjacent to an activating group) is 1. The lowest BCUT2D eigenvalue weighted by atomic mass is 10.0. The van der Waals surface area contributed by atoms with Crippen molar-refractivity contribution >= 4 is 5.91 Å². The number of aromatic hydroxyl groups is 1. The lowest BCUT2D eigenvalue weighted by molar-refractivity contribution is -0.133. The van der Waals surface area contributed by atoms with Crippen LogP contribution in [0.5, 0.6) is 5.75 Å². The van der Waals surface area contributed by atoms with Crippen molar-refractivity contribution in [3.05, 3.63) is 29.8 Å². The largest absolute Gasteiger partial charge is 0.508 e.